The van der Waals surface area contributed by atoms with Gasteiger partial charge in [-0.25, -0.2) is 0 Å². The highest BCUT2D eigenvalue weighted by Gasteiger charge is 2.28. The number of phenols is 4. The third kappa shape index (κ3) is 37.1. The van der Waals surface area contributed by atoms with E-state index in [4.69, 9.17) is 41.4 Å². The van der Waals surface area contributed by atoms with E-state index in [2.05, 4.69) is 75.1 Å². The zero-order chi connectivity index (χ0) is 83.8. The molecule has 9 rings (SSSR count). The quantitative estimate of drug-likeness (QED) is 0.0149. The number of hydrogen-bond acceptors (Lipinski definition) is 14. The Bertz CT molecular complexity index is 3580. The molecule has 6 bridgehead atoms. The molecule has 4 aromatic rings. The normalized spacial score (nSPS) is 19.5. The highest BCUT2D eigenvalue weighted by atomic mass is 16.3. The van der Waals surface area contributed by atoms with E-state index in [9.17, 15) is 30.0 Å². The van der Waals surface area contributed by atoms with Crippen LogP contribution in [0.25, 0.3) is 0 Å². The molecule has 8 atom stereocenters. The number of aromatic hydroxyl groups is 4. The van der Waals surface area contributed by atoms with Gasteiger partial charge in [0, 0.05) is 131 Å². The maximum absolute atomic E-state index is 12.1. The summed E-state index contributed by atoms with van der Waals surface area (Å²) in [6.07, 6.45) is 71.7. The van der Waals surface area contributed by atoms with Crippen LogP contribution in [0.15, 0.2) is 78.5 Å². The number of fused-ring (bicyclic) bond motifs is 9. The number of carbonyl (C=O) groups excluding carboxylic acids is 2. The lowest BCUT2D eigenvalue weighted by Crippen LogP contribution is -2.43. The summed E-state index contributed by atoms with van der Waals surface area (Å²) in [5.74, 6) is 26.9. The second-order valence-corrected chi connectivity index (χ2v) is 33.9. The van der Waals surface area contributed by atoms with Crippen molar-refractivity contribution in [3.05, 3.63) is 115 Å². The van der Waals surface area contributed by atoms with Gasteiger partial charge in [0.15, 0.2) is 12.6 Å². The van der Waals surface area contributed by atoms with Crippen molar-refractivity contribution >= 4 is 49.9 Å². The molecule has 0 spiro atoms. The summed E-state index contributed by atoms with van der Waals surface area (Å²) in [7, 11) is 0. The first kappa shape index (κ1) is 96.7. The number of nitrogens with two attached hydrogens (primary N) is 2. The van der Waals surface area contributed by atoms with Crippen molar-refractivity contribution in [3.63, 3.8) is 0 Å². The van der Waals surface area contributed by atoms with Crippen LogP contribution < -0.4 is 11.5 Å². The molecular formula is C104H148N8O6. The molecule has 1 aliphatic heterocycles. The van der Waals surface area contributed by atoms with Gasteiger partial charge in [0.05, 0.1) is 47.4 Å². The number of rotatable bonds is 34. The molecule has 0 radical (unpaired) electrons. The molecule has 8 N–H and O–H groups in total. The summed E-state index contributed by atoms with van der Waals surface area (Å²) in [6, 6.07) is 14.6. The lowest BCUT2D eigenvalue weighted by Gasteiger charge is -2.26. The minimum atomic E-state index is -0.274. The fourth-order valence-electron chi connectivity index (χ4n) is 16.4. The van der Waals surface area contributed by atoms with E-state index in [1.807, 2.05) is 73.7 Å². The number of phenolic OH excluding ortho intramolecular Hbond substituents is 4. The summed E-state index contributed by atoms with van der Waals surface area (Å²) in [6.45, 7) is 9.02. The van der Waals surface area contributed by atoms with E-state index in [0.29, 0.717) is 51.5 Å². The molecule has 0 saturated heterocycles. The van der Waals surface area contributed by atoms with Crippen LogP contribution in [0.5, 0.6) is 23.0 Å². The molecule has 4 saturated carbocycles. The van der Waals surface area contributed by atoms with Gasteiger partial charge in [0.1, 0.15) is 23.0 Å². The number of aldehydes is 2. The number of unbranched alkanes of at least 4 members (excludes halogenated alkanes) is 32. The topological polar surface area (TPSA) is 241 Å². The minimum Gasteiger partial charge on any atom is -0.507 e. The zero-order valence-electron chi connectivity index (χ0n) is 73.1. The number of carbonyl (C=O) groups is 2. The largest absolute Gasteiger partial charge is 0.507 e. The Kier molecular flexibility index (Phi) is 48.6. The Morgan fingerprint density at radius 2 is 0.466 bits per heavy atom. The van der Waals surface area contributed by atoms with Gasteiger partial charge in [0.25, 0.3) is 0 Å². The van der Waals surface area contributed by atoms with Crippen LogP contribution in [-0.2, 0) is 0 Å². The first-order valence-corrected chi connectivity index (χ1v) is 46.9. The maximum Gasteiger partial charge on any atom is 0.153 e. The predicted octanol–water partition coefficient (Wildman–Crippen LogP) is 24.4. The summed E-state index contributed by atoms with van der Waals surface area (Å²) in [5, 5.41) is 45.9. The Morgan fingerprint density at radius 1 is 0.280 bits per heavy atom. The molecule has 1 heterocycles. The van der Waals surface area contributed by atoms with Gasteiger partial charge in [-0.05, 0) is 126 Å². The van der Waals surface area contributed by atoms with Gasteiger partial charge in [-0.15, -0.1) is 0 Å². The Labute approximate surface area is 712 Å². The van der Waals surface area contributed by atoms with Crippen LogP contribution in [0, 0.1) is 47.4 Å². The van der Waals surface area contributed by atoms with Crippen LogP contribution in [0.2, 0.25) is 0 Å². The molecule has 8 unspecified atom stereocenters. The van der Waals surface area contributed by atoms with Crippen LogP contribution in [0.1, 0.15) is 438 Å². The smallest absolute Gasteiger partial charge is 0.153 e. The van der Waals surface area contributed by atoms with Crippen molar-refractivity contribution in [1.82, 2.24) is 0 Å². The highest BCUT2D eigenvalue weighted by molar-refractivity contribution is 5.95. The second kappa shape index (κ2) is 59.3. The van der Waals surface area contributed by atoms with E-state index in [-0.39, 0.29) is 82.5 Å². The van der Waals surface area contributed by atoms with E-state index < -0.39 is 0 Å². The van der Waals surface area contributed by atoms with Crippen molar-refractivity contribution < 1.29 is 30.0 Å². The minimum absolute atomic E-state index is 0.103. The van der Waals surface area contributed by atoms with E-state index >= 15 is 0 Å². The molecular weight excluding hydrogens is 1460 g/mol. The fourth-order valence-corrected chi connectivity index (χ4v) is 16.4. The molecule has 0 aromatic heterocycles. The average molecular weight is 1610 g/mol. The molecule has 4 aliphatic carbocycles. The monoisotopic (exact) mass is 1610 g/mol. The van der Waals surface area contributed by atoms with Gasteiger partial charge in [0.2, 0.25) is 0 Å². The number of nitrogens with zero attached hydrogens (tertiary/aromatic N) is 6. The van der Waals surface area contributed by atoms with Crippen LogP contribution in [-0.4, -0.2) is 119 Å². The van der Waals surface area contributed by atoms with E-state index in [1.165, 1.54) is 205 Å². The lowest BCUT2D eigenvalue weighted by molar-refractivity contribution is 0.111. The van der Waals surface area contributed by atoms with Crippen molar-refractivity contribution in [2.45, 2.75) is 410 Å². The third-order valence-electron chi connectivity index (χ3n) is 23.9. The maximum atomic E-state index is 12.1. The number of aliphatic imine (C=N–C) groups is 6. The fraction of sp³-hybridized carbons (Fsp3) is 0.615. The first-order chi connectivity index (χ1) is 57.9. The van der Waals surface area contributed by atoms with Gasteiger partial charge in [-0.3, -0.25) is 39.5 Å². The van der Waals surface area contributed by atoms with E-state index in [1.54, 1.807) is 0 Å². The highest BCUT2D eigenvalue weighted by Crippen LogP contribution is 2.33. The van der Waals surface area contributed by atoms with Gasteiger partial charge in [-0.2, -0.15) is 0 Å². The number of benzene rings is 4. The molecule has 118 heavy (non-hydrogen) atoms. The van der Waals surface area contributed by atoms with Crippen molar-refractivity contribution in [3.8, 4) is 70.4 Å². The van der Waals surface area contributed by atoms with E-state index in [0.717, 1.165) is 158 Å². The standard InChI is InChI=1S/C78H108N6O3.C20H26O3.C6H14N2/c1-4-7-10-13-16-19-22-25-28-31-40-61-49-64-55-79-70-43-34-36-45-72(70)81-57-66-51-62(41-32-29-26-23-20-17-14-11-8-5-2)53-68(77(66)86)59-83-74-47-38-39-48-75(74)84-60-69-54-63(42-33-30-27-24-21-18-15-12-9-6-3)52-67(78(69)87)58-82-73-46-37-35-44-71(73)80-56-65(50-61)76(64)85;1-2-3-4-5-6-7-8-9-10-11-12-17-13-18(15-21)20(23)19(14-17)16-22;7-5-3-1-2-4-6(5)8/h49-60,70-75,85-87H,4-30,34-39,43-48H2,1-3H3;13-16,23H,2-10H2,1H3;5-6H,1-4,7-8H2. The SMILES string of the molecule is CCCCCCCCCCC#Cc1cc(C=O)c(O)c(C=O)c1.CCCCCCCCCCC#Cc1cc2c(O)c(c1)C=NC1CCCCC1N=Cc1cc(C#CCCCCCCCCCC)cc(c1O)C=NC1CCCCC1N=Cc1cc(C#CCCCCCCCCCC)cc(c1O)C=NC1CCCCC1N=C2.NC1CCCCC1N. The Morgan fingerprint density at radius 3 is 0.661 bits per heavy atom. The Hall–Kier alpha value is -8.40. The molecule has 640 valence electrons. The van der Waals surface area contributed by atoms with Crippen LogP contribution >= 0.6 is 0 Å². The van der Waals surface area contributed by atoms with Gasteiger partial charge in [-0.1, -0.05) is 306 Å². The number of hydrogen-bond donors (Lipinski definition) is 6. The Balaban J connectivity index is 0.000000514. The average Bonchev–Trinajstić information content (AvgIpc) is 0.867. The van der Waals surface area contributed by atoms with Crippen LogP contribution in [0.4, 0.5) is 0 Å². The molecule has 4 aromatic carbocycles. The van der Waals surface area contributed by atoms with Gasteiger partial charge < -0.3 is 31.9 Å². The van der Waals surface area contributed by atoms with Crippen LogP contribution in [0.3, 0.4) is 0 Å². The zero-order valence-corrected chi connectivity index (χ0v) is 73.1. The molecule has 0 amide bonds. The molecule has 14 heteroatoms. The second-order valence-electron chi connectivity index (χ2n) is 33.9. The predicted molar refractivity (Wildman–Crippen MR) is 498 cm³/mol. The summed E-state index contributed by atoms with van der Waals surface area (Å²) in [4.78, 5) is 53.0. The van der Waals surface area contributed by atoms with Crippen molar-refractivity contribution in [1.29, 1.82) is 0 Å². The van der Waals surface area contributed by atoms with Crippen molar-refractivity contribution in [2.75, 3.05) is 0 Å². The van der Waals surface area contributed by atoms with Gasteiger partial charge >= 0.3 is 0 Å². The third-order valence-corrected chi connectivity index (χ3v) is 23.9. The first-order valence-electron chi connectivity index (χ1n) is 46.9. The lowest BCUT2D eigenvalue weighted by atomic mass is 9.91. The molecule has 5 aliphatic rings. The van der Waals surface area contributed by atoms with Crippen molar-refractivity contribution in [2.24, 2.45) is 41.4 Å². The molecule has 4 fully saturated rings. The summed E-state index contributed by atoms with van der Waals surface area (Å²) in [5.41, 5.74) is 18.2. The molecule has 14 nitrogen and oxygen atoms in total. The summed E-state index contributed by atoms with van der Waals surface area (Å²) < 4.78 is 0. The summed E-state index contributed by atoms with van der Waals surface area (Å²) >= 11 is 0.